The monoisotopic (exact) mass is 278 g/mol. The van der Waals surface area contributed by atoms with E-state index in [1.807, 2.05) is 13.0 Å². The van der Waals surface area contributed by atoms with E-state index in [0.29, 0.717) is 6.42 Å². The Labute approximate surface area is 106 Å². The van der Waals surface area contributed by atoms with Crippen LogP contribution in [0.1, 0.15) is 18.1 Å². The highest BCUT2D eigenvalue weighted by Gasteiger charge is 2.07. The van der Waals surface area contributed by atoms with Crippen molar-refractivity contribution < 1.29 is 22.6 Å². The van der Waals surface area contributed by atoms with Gasteiger partial charge in [0.05, 0.1) is 0 Å². The summed E-state index contributed by atoms with van der Waals surface area (Å²) in [5, 5.41) is 8.86. The average Bonchev–Trinajstić information content (AvgIpc) is 2.22. The topological polar surface area (TPSA) is 147 Å². The van der Waals surface area contributed by atoms with Gasteiger partial charge in [0.2, 0.25) is 0 Å². The van der Waals surface area contributed by atoms with Gasteiger partial charge in [-0.25, -0.2) is 0 Å². The first kappa shape index (κ1) is 16.6. The van der Waals surface area contributed by atoms with Gasteiger partial charge < -0.3 is 16.6 Å². The fourth-order valence-electron chi connectivity index (χ4n) is 1.55. The normalized spacial score (nSPS) is 10.7. The Morgan fingerprint density at radius 2 is 1.50 bits per heavy atom. The maximum Gasteiger partial charge on any atom is 0.394 e. The lowest BCUT2D eigenvalue weighted by Gasteiger charge is -2.12. The van der Waals surface area contributed by atoms with Crippen LogP contribution in [0.4, 0.5) is 11.4 Å². The molecule has 0 aliphatic carbocycles. The highest BCUT2D eigenvalue weighted by atomic mass is 32.3. The van der Waals surface area contributed by atoms with Crippen LogP contribution in [0.2, 0.25) is 0 Å². The molecule has 1 aromatic carbocycles. The zero-order valence-corrected chi connectivity index (χ0v) is 10.8. The van der Waals surface area contributed by atoms with Crippen molar-refractivity contribution in [3.63, 3.8) is 0 Å². The van der Waals surface area contributed by atoms with E-state index in [1.54, 1.807) is 6.07 Å². The van der Waals surface area contributed by atoms with Crippen molar-refractivity contribution in [1.82, 2.24) is 0 Å². The molecule has 0 amide bonds. The van der Waals surface area contributed by atoms with Crippen molar-refractivity contribution in [1.29, 1.82) is 0 Å². The molecule has 0 atom stereocenters. The fourth-order valence-corrected chi connectivity index (χ4v) is 1.55. The summed E-state index contributed by atoms with van der Waals surface area (Å²) in [6.07, 6.45) is 1.44. The van der Waals surface area contributed by atoms with Gasteiger partial charge in [0.1, 0.15) is 0 Å². The van der Waals surface area contributed by atoms with E-state index in [2.05, 4.69) is 0 Å². The largest absolute Gasteiger partial charge is 0.398 e. The van der Waals surface area contributed by atoms with Crippen LogP contribution < -0.4 is 11.5 Å². The Morgan fingerprint density at radius 3 is 1.83 bits per heavy atom. The van der Waals surface area contributed by atoms with Gasteiger partial charge in [0, 0.05) is 18.0 Å². The highest BCUT2D eigenvalue weighted by molar-refractivity contribution is 7.79. The molecule has 0 heterocycles. The molecule has 1 aromatic rings. The van der Waals surface area contributed by atoms with Crippen molar-refractivity contribution >= 4 is 21.8 Å². The zero-order chi connectivity index (χ0) is 14.3. The highest BCUT2D eigenvalue weighted by Crippen LogP contribution is 2.24. The predicted molar refractivity (Wildman–Crippen MR) is 69.6 cm³/mol. The Bertz CT molecular complexity index is 479. The minimum Gasteiger partial charge on any atom is -0.398 e. The molecule has 0 aliphatic heterocycles. The molecule has 1 rings (SSSR count). The molecule has 0 saturated carbocycles. The molecule has 7 N–H and O–H groups in total. The summed E-state index contributed by atoms with van der Waals surface area (Å²) in [6, 6.07) is 3.61. The molecule has 0 radical (unpaired) electrons. The molecule has 0 aliphatic rings. The third kappa shape index (κ3) is 6.40. The summed E-state index contributed by atoms with van der Waals surface area (Å²) in [6.45, 7) is 2.15. The standard InChI is InChI=1S/C10H16N2O.H2O4S/c1-2-7-8(5-6-13)10(12)4-3-9(7)11;1-5(2,3)4/h3-4,13H,2,5-6,11-12H2,1H3;(H2,1,2,3,4). The van der Waals surface area contributed by atoms with E-state index in [0.717, 1.165) is 28.9 Å². The molecule has 7 nitrogen and oxygen atoms in total. The molecule has 18 heavy (non-hydrogen) atoms. The smallest absolute Gasteiger partial charge is 0.394 e. The van der Waals surface area contributed by atoms with E-state index < -0.39 is 10.4 Å². The van der Waals surface area contributed by atoms with E-state index in [9.17, 15) is 0 Å². The van der Waals surface area contributed by atoms with Crippen LogP contribution in [-0.4, -0.2) is 29.2 Å². The van der Waals surface area contributed by atoms with Gasteiger partial charge in [0.15, 0.2) is 0 Å². The van der Waals surface area contributed by atoms with Crippen LogP contribution in [0.5, 0.6) is 0 Å². The van der Waals surface area contributed by atoms with Gasteiger partial charge in [0.25, 0.3) is 0 Å². The molecule has 104 valence electrons. The quantitative estimate of drug-likeness (QED) is 0.394. The van der Waals surface area contributed by atoms with E-state index in [4.69, 9.17) is 34.1 Å². The summed E-state index contributed by atoms with van der Waals surface area (Å²) in [7, 11) is -4.67. The Morgan fingerprint density at radius 1 is 1.11 bits per heavy atom. The van der Waals surface area contributed by atoms with Crippen LogP contribution in [0.25, 0.3) is 0 Å². The first-order valence-corrected chi connectivity index (χ1v) is 6.56. The van der Waals surface area contributed by atoms with Gasteiger partial charge in [-0.05, 0) is 36.1 Å². The number of anilines is 2. The molecule has 0 bridgehead atoms. The maximum absolute atomic E-state index is 8.86. The summed E-state index contributed by atoms with van der Waals surface area (Å²) in [5.41, 5.74) is 15.1. The second kappa shape index (κ2) is 7.17. The lowest BCUT2D eigenvalue weighted by Crippen LogP contribution is -2.05. The Hall–Kier alpha value is -1.35. The van der Waals surface area contributed by atoms with Gasteiger partial charge in [-0.3, -0.25) is 9.11 Å². The Kier molecular flexibility index (Phi) is 6.63. The number of hydrogen-bond acceptors (Lipinski definition) is 5. The molecule has 0 unspecified atom stereocenters. The van der Waals surface area contributed by atoms with Gasteiger partial charge in [-0.2, -0.15) is 8.42 Å². The first-order valence-electron chi connectivity index (χ1n) is 5.17. The average molecular weight is 278 g/mol. The minimum atomic E-state index is -4.67. The fraction of sp³-hybridized carbons (Fsp3) is 0.400. The van der Waals surface area contributed by atoms with Crippen LogP contribution in [0.15, 0.2) is 12.1 Å². The van der Waals surface area contributed by atoms with Crippen LogP contribution in [-0.2, 0) is 23.2 Å². The number of benzene rings is 1. The van der Waals surface area contributed by atoms with Crippen molar-refractivity contribution in [2.75, 3.05) is 18.1 Å². The van der Waals surface area contributed by atoms with Crippen LogP contribution in [0.3, 0.4) is 0 Å². The third-order valence-corrected chi connectivity index (χ3v) is 2.22. The van der Waals surface area contributed by atoms with Crippen molar-refractivity contribution in [3.8, 4) is 0 Å². The molecule has 0 fully saturated rings. The number of hydrogen-bond donors (Lipinski definition) is 5. The minimum absolute atomic E-state index is 0.112. The zero-order valence-electron chi connectivity index (χ0n) is 10.00. The lowest BCUT2D eigenvalue weighted by atomic mass is 9.99. The number of rotatable bonds is 3. The van der Waals surface area contributed by atoms with Crippen molar-refractivity contribution in [2.24, 2.45) is 0 Å². The molecule has 0 spiro atoms. The second-order valence-electron chi connectivity index (χ2n) is 3.48. The number of nitrogen functional groups attached to an aromatic ring is 2. The first-order chi connectivity index (χ1) is 8.20. The Balaban J connectivity index is 0.000000494. The summed E-state index contributed by atoms with van der Waals surface area (Å²) in [4.78, 5) is 0. The van der Waals surface area contributed by atoms with Gasteiger partial charge in [-0.1, -0.05) is 6.92 Å². The van der Waals surface area contributed by atoms with Crippen molar-refractivity contribution in [3.05, 3.63) is 23.3 Å². The predicted octanol–water partition coefficient (Wildman–Crippen LogP) is 0.295. The van der Waals surface area contributed by atoms with E-state index >= 15 is 0 Å². The SMILES string of the molecule is CCc1c(N)ccc(N)c1CCO.O=S(=O)(O)O. The summed E-state index contributed by atoms with van der Waals surface area (Å²) in [5.74, 6) is 0. The molecule has 8 heteroatoms. The summed E-state index contributed by atoms with van der Waals surface area (Å²) >= 11 is 0. The number of aliphatic hydroxyl groups is 1. The van der Waals surface area contributed by atoms with Crippen LogP contribution in [0, 0.1) is 0 Å². The number of nitrogens with two attached hydrogens (primary N) is 2. The number of aliphatic hydroxyl groups excluding tert-OH is 1. The molecular formula is C10H18N2O5S. The molecular weight excluding hydrogens is 260 g/mol. The van der Waals surface area contributed by atoms with E-state index in [1.165, 1.54) is 0 Å². The summed E-state index contributed by atoms with van der Waals surface area (Å²) < 4.78 is 31.6. The third-order valence-electron chi connectivity index (χ3n) is 2.22. The van der Waals surface area contributed by atoms with Crippen molar-refractivity contribution in [2.45, 2.75) is 19.8 Å². The molecule has 0 aromatic heterocycles. The van der Waals surface area contributed by atoms with E-state index in [-0.39, 0.29) is 6.61 Å². The van der Waals surface area contributed by atoms with Crippen LogP contribution >= 0.6 is 0 Å². The van der Waals surface area contributed by atoms with Gasteiger partial charge >= 0.3 is 10.4 Å². The molecule has 0 saturated heterocycles. The maximum atomic E-state index is 8.86. The second-order valence-corrected chi connectivity index (χ2v) is 4.37. The van der Waals surface area contributed by atoms with Gasteiger partial charge in [-0.15, -0.1) is 0 Å². The lowest BCUT2D eigenvalue weighted by molar-refractivity contribution is 0.299.